The summed E-state index contributed by atoms with van der Waals surface area (Å²) in [5.41, 5.74) is 2.26. The van der Waals surface area contributed by atoms with E-state index in [0.29, 0.717) is 17.8 Å². The summed E-state index contributed by atoms with van der Waals surface area (Å²) in [6.07, 6.45) is 1.08. The third kappa shape index (κ3) is 4.29. The van der Waals surface area contributed by atoms with E-state index < -0.39 is 0 Å². The van der Waals surface area contributed by atoms with Gasteiger partial charge in [-0.25, -0.2) is 0 Å². The van der Waals surface area contributed by atoms with E-state index in [0.717, 1.165) is 18.7 Å². The summed E-state index contributed by atoms with van der Waals surface area (Å²) in [4.78, 5) is 0. The van der Waals surface area contributed by atoms with E-state index in [9.17, 15) is 0 Å². The minimum atomic E-state index is 0.0660. The predicted molar refractivity (Wildman–Crippen MR) is 84.8 cm³/mol. The van der Waals surface area contributed by atoms with Crippen LogP contribution in [0.3, 0.4) is 0 Å². The fourth-order valence-corrected chi connectivity index (χ4v) is 1.98. The number of hydrogen-bond donors (Lipinski definition) is 2. The van der Waals surface area contributed by atoms with Gasteiger partial charge in [0.1, 0.15) is 0 Å². The molecule has 21 heavy (non-hydrogen) atoms. The number of nitrogens with one attached hydrogen (secondary N) is 2. The van der Waals surface area contributed by atoms with Crippen LogP contribution in [-0.2, 0) is 0 Å². The topological polar surface area (TPSA) is 63.0 Å². The first-order valence-corrected chi connectivity index (χ1v) is 7.54. The SMILES string of the molecule is CCCNC(C)c1nnc(Nc2ccc(C(C)C)cc2)o1. The molecule has 0 amide bonds. The van der Waals surface area contributed by atoms with Crippen molar-refractivity contribution in [1.82, 2.24) is 15.5 Å². The first-order valence-electron chi connectivity index (χ1n) is 7.54. The Morgan fingerprint density at radius 2 is 1.81 bits per heavy atom. The normalized spacial score (nSPS) is 12.6. The van der Waals surface area contributed by atoms with Crippen LogP contribution in [-0.4, -0.2) is 16.7 Å². The fraction of sp³-hybridized carbons (Fsp3) is 0.500. The van der Waals surface area contributed by atoms with E-state index in [2.05, 4.69) is 53.7 Å². The van der Waals surface area contributed by atoms with Crippen molar-refractivity contribution < 1.29 is 4.42 Å². The summed E-state index contributed by atoms with van der Waals surface area (Å²) in [6.45, 7) is 9.43. The van der Waals surface area contributed by atoms with Gasteiger partial charge in [0.15, 0.2) is 0 Å². The van der Waals surface area contributed by atoms with Gasteiger partial charge in [-0.2, -0.15) is 0 Å². The smallest absolute Gasteiger partial charge is 0.320 e. The van der Waals surface area contributed by atoms with Crippen LogP contribution in [0.1, 0.15) is 57.5 Å². The molecule has 2 N–H and O–H groups in total. The van der Waals surface area contributed by atoms with Gasteiger partial charge < -0.3 is 15.1 Å². The highest BCUT2D eigenvalue weighted by molar-refractivity contribution is 5.52. The molecule has 5 nitrogen and oxygen atoms in total. The van der Waals surface area contributed by atoms with Crippen LogP contribution in [0.15, 0.2) is 28.7 Å². The fourth-order valence-electron chi connectivity index (χ4n) is 1.98. The number of nitrogens with zero attached hydrogens (tertiary/aromatic N) is 2. The molecule has 1 unspecified atom stereocenters. The van der Waals surface area contributed by atoms with E-state index >= 15 is 0 Å². The summed E-state index contributed by atoms with van der Waals surface area (Å²) < 4.78 is 5.63. The van der Waals surface area contributed by atoms with E-state index in [1.165, 1.54) is 5.56 Å². The molecule has 0 bridgehead atoms. The van der Waals surface area contributed by atoms with Crippen LogP contribution in [0.4, 0.5) is 11.7 Å². The molecular formula is C16H24N4O. The molecule has 0 fully saturated rings. The average molecular weight is 288 g/mol. The van der Waals surface area contributed by atoms with Crippen molar-refractivity contribution in [2.45, 2.75) is 46.1 Å². The molecule has 1 aromatic heterocycles. The summed E-state index contributed by atoms with van der Waals surface area (Å²) in [5.74, 6) is 1.13. The number of rotatable bonds is 7. The zero-order valence-electron chi connectivity index (χ0n) is 13.2. The lowest BCUT2D eigenvalue weighted by Gasteiger charge is -2.08. The van der Waals surface area contributed by atoms with Gasteiger partial charge in [-0.3, -0.25) is 0 Å². The van der Waals surface area contributed by atoms with Gasteiger partial charge in [-0.1, -0.05) is 38.0 Å². The van der Waals surface area contributed by atoms with Crippen LogP contribution in [0, 0.1) is 0 Å². The van der Waals surface area contributed by atoms with Gasteiger partial charge in [-0.15, -0.1) is 5.10 Å². The van der Waals surface area contributed by atoms with Crippen molar-refractivity contribution in [3.05, 3.63) is 35.7 Å². The standard InChI is InChI=1S/C16H24N4O/c1-5-10-17-12(4)15-19-20-16(21-15)18-14-8-6-13(7-9-14)11(2)3/h6-9,11-12,17H,5,10H2,1-4H3,(H,18,20). The molecule has 0 saturated carbocycles. The Kier molecular flexibility index (Phi) is 5.33. The molecule has 0 aliphatic rings. The zero-order valence-corrected chi connectivity index (χ0v) is 13.2. The maximum atomic E-state index is 5.63. The predicted octanol–water partition coefficient (Wildman–Crippen LogP) is 4.00. The number of anilines is 2. The van der Waals surface area contributed by atoms with Gasteiger partial charge in [0, 0.05) is 5.69 Å². The van der Waals surface area contributed by atoms with Gasteiger partial charge in [-0.05, 0) is 43.5 Å². The van der Waals surface area contributed by atoms with E-state index in [1.54, 1.807) is 0 Å². The lowest BCUT2D eigenvalue weighted by molar-refractivity contribution is 0.424. The molecule has 2 rings (SSSR count). The van der Waals surface area contributed by atoms with Crippen LogP contribution in [0.2, 0.25) is 0 Å². The second kappa shape index (κ2) is 7.22. The van der Waals surface area contributed by atoms with Gasteiger partial charge >= 0.3 is 6.01 Å². The summed E-state index contributed by atoms with van der Waals surface area (Å²) in [7, 11) is 0. The highest BCUT2D eigenvalue weighted by Crippen LogP contribution is 2.21. The number of benzene rings is 1. The van der Waals surface area contributed by atoms with Gasteiger partial charge in [0.2, 0.25) is 5.89 Å². The lowest BCUT2D eigenvalue weighted by atomic mass is 10.0. The molecule has 0 aliphatic heterocycles. The van der Waals surface area contributed by atoms with Gasteiger partial charge in [0.05, 0.1) is 6.04 Å². The Hall–Kier alpha value is -1.88. The first-order chi connectivity index (χ1) is 10.1. The van der Waals surface area contributed by atoms with E-state index in [1.807, 2.05) is 19.1 Å². The van der Waals surface area contributed by atoms with Crippen LogP contribution in [0.25, 0.3) is 0 Å². The summed E-state index contributed by atoms with van der Waals surface area (Å²) >= 11 is 0. The third-order valence-electron chi connectivity index (χ3n) is 3.34. The largest absolute Gasteiger partial charge is 0.406 e. The summed E-state index contributed by atoms with van der Waals surface area (Å²) in [6, 6.07) is 8.75. The molecule has 1 atom stereocenters. The molecule has 0 radical (unpaired) electrons. The average Bonchev–Trinajstić information content (AvgIpc) is 2.94. The molecule has 1 heterocycles. The monoisotopic (exact) mass is 288 g/mol. The molecule has 1 aromatic carbocycles. The molecule has 114 valence electrons. The Balaban J connectivity index is 1.98. The molecule has 2 aromatic rings. The molecular weight excluding hydrogens is 264 g/mol. The second-order valence-corrected chi connectivity index (χ2v) is 5.52. The molecule has 5 heteroatoms. The maximum absolute atomic E-state index is 5.63. The Labute approximate surface area is 126 Å². The van der Waals surface area contributed by atoms with Crippen molar-refractivity contribution in [2.24, 2.45) is 0 Å². The van der Waals surface area contributed by atoms with Crippen LogP contribution < -0.4 is 10.6 Å². The molecule has 0 saturated heterocycles. The second-order valence-electron chi connectivity index (χ2n) is 5.52. The van der Waals surface area contributed by atoms with Gasteiger partial charge in [0.25, 0.3) is 0 Å². The quantitative estimate of drug-likeness (QED) is 0.806. The van der Waals surface area contributed by atoms with Crippen LogP contribution in [0.5, 0.6) is 0 Å². The Morgan fingerprint density at radius 1 is 1.10 bits per heavy atom. The first kappa shape index (κ1) is 15.5. The maximum Gasteiger partial charge on any atom is 0.320 e. The minimum Gasteiger partial charge on any atom is -0.406 e. The van der Waals surface area contributed by atoms with Crippen molar-refractivity contribution >= 4 is 11.7 Å². The molecule has 0 aliphatic carbocycles. The van der Waals surface area contributed by atoms with Crippen LogP contribution >= 0.6 is 0 Å². The number of aromatic nitrogens is 2. The lowest BCUT2D eigenvalue weighted by Crippen LogP contribution is -2.19. The zero-order chi connectivity index (χ0) is 15.2. The third-order valence-corrected chi connectivity index (χ3v) is 3.34. The van der Waals surface area contributed by atoms with Crippen molar-refractivity contribution in [3.8, 4) is 0 Å². The number of hydrogen-bond acceptors (Lipinski definition) is 5. The van der Waals surface area contributed by atoms with E-state index in [4.69, 9.17) is 4.42 Å². The Morgan fingerprint density at radius 3 is 2.43 bits per heavy atom. The highest BCUT2D eigenvalue weighted by atomic mass is 16.4. The summed E-state index contributed by atoms with van der Waals surface area (Å²) in [5, 5.41) is 14.6. The van der Waals surface area contributed by atoms with E-state index in [-0.39, 0.29) is 6.04 Å². The van der Waals surface area contributed by atoms with Crippen molar-refractivity contribution in [2.75, 3.05) is 11.9 Å². The Bertz CT molecular complexity index is 548. The molecule has 0 spiro atoms. The minimum absolute atomic E-state index is 0.0660. The van der Waals surface area contributed by atoms with Crippen molar-refractivity contribution in [3.63, 3.8) is 0 Å². The van der Waals surface area contributed by atoms with Crippen molar-refractivity contribution in [1.29, 1.82) is 0 Å². The highest BCUT2D eigenvalue weighted by Gasteiger charge is 2.13.